The van der Waals surface area contributed by atoms with Gasteiger partial charge in [-0.1, -0.05) is 0 Å². The van der Waals surface area contributed by atoms with E-state index in [1.165, 1.54) is 19.0 Å². The van der Waals surface area contributed by atoms with Gasteiger partial charge in [-0.3, -0.25) is 9.59 Å². The Morgan fingerprint density at radius 1 is 1.09 bits per heavy atom. The van der Waals surface area contributed by atoms with E-state index in [0.717, 1.165) is 10.4 Å². The standard InChI is InChI=1S/C25H27N5O3S/c1-13(2)30-23-20(12-27-30)18(11-22(28-23)17-9-14(3)34-15(17)4)25(32)29-21-8-7-16(33-6)10-19(21)24(31)26-5/h7-13H,1-6H3,(H,26,31)(H,29,32). The number of aromatic nitrogens is 3. The van der Waals surface area contributed by atoms with Crippen LogP contribution < -0.4 is 15.4 Å². The number of nitrogens with one attached hydrogen (secondary N) is 2. The lowest BCUT2D eigenvalue weighted by Gasteiger charge is -2.13. The molecule has 3 heterocycles. The van der Waals surface area contributed by atoms with Gasteiger partial charge in [0.25, 0.3) is 11.8 Å². The van der Waals surface area contributed by atoms with Crippen LogP contribution in [0.15, 0.2) is 36.5 Å². The molecule has 0 radical (unpaired) electrons. The number of hydrogen-bond donors (Lipinski definition) is 2. The van der Waals surface area contributed by atoms with Gasteiger partial charge in [0.1, 0.15) is 5.75 Å². The zero-order chi connectivity index (χ0) is 24.6. The second-order valence-corrected chi connectivity index (χ2v) is 9.71. The van der Waals surface area contributed by atoms with E-state index in [1.54, 1.807) is 41.8 Å². The van der Waals surface area contributed by atoms with Crippen molar-refractivity contribution in [2.75, 3.05) is 19.5 Å². The summed E-state index contributed by atoms with van der Waals surface area (Å²) in [7, 11) is 3.06. The third-order valence-corrected chi connectivity index (χ3v) is 6.53. The van der Waals surface area contributed by atoms with Gasteiger partial charge < -0.3 is 15.4 Å². The van der Waals surface area contributed by atoms with Crippen molar-refractivity contribution in [1.82, 2.24) is 20.1 Å². The number of carbonyl (C=O) groups excluding carboxylic acids is 2. The van der Waals surface area contributed by atoms with Crippen molar-refractivity contribution in [2.24, 2.45) is 0 Å². The summed E-state index contributed by atoms with van der Waals surface area (Å²) in [5.41, 5.74) is 3.47. The molecular formula is C25H27N5O3S. The molecule has 0 aliphatic rings. The molecule has 9 heteroatoms. The molecule has 0 saturated heterocycles. The van der Waals surface area contributed by atoms with E-state index in [-0.39, 0.29) is 17.9 Å². The van der Waals surface area contributed by atoms with Gasteiger partial charge in [-0.05, 0) is 58.0 Å². The number of hydrogen-bond acceptors (Lipinski definition) is 6. The Morgan fingerprint density at radius 3 is 2.47 bits per heavy atom. The van der Waals surface area contributed by atoms with Gasteiger partial charge in [-0.2, -0.15) is 5.10 Å². The number of rotatable bonds is 6. The van der Waals surface area contributed by atoms with Crippen LogP contribution in [0.1, 0.15) is 50.4 Å². The molecule has 2 N–H and O–H groups in total. The van der Waals surface area contributed by atoms with Crippen LogP contribution in [0.25, 0.3) is 22.3 Å². The molecular weight excluding hydrogens is 450 g/mol. The number of pyridine rings is 1. The summed E-state index contributed by atoms with van der Waals surface area (Å²) < 4.78 is 7.06. The molecule has 176 valence electrons. The zero-order valence-electron chi connectivity index (χ0n) is 20.0. The van der Waals surface area contributed by atoms with Crippen LogP contribution in [0.3, 0.4) is 0 Å². The SMILES string of the molecule is CNC(=O)c1cc(OC)ccc1NC(=O)c1cc(-c2cc(C)sc2C)nc2c1cnn2C(C)C. The minimum atomic E-state index is -0.350. The van der Waals surface area contributed by atoms with Crippen molar-refractivity contribution in [3.05, 3.63) is 57.4 Å². The summed E-state index contributed by atoms with van der Waals surface area (Å²) in [4.78, 5) is 33.2. The molecule has 34 heavy (non-hydrogen) atoms. The maximum atomic E-state index is 13.6. The van der Waals surface area contributed by atoms with Gasteiger partial charge in [0.2, 0.25) is 0 Å². The number of thiophene rings is 1. The molecule has 0 unspecified atom stereocenters. The molecule has 3 aromatic heterocycles. The van der Waals surface area contributed by atoms with E-state index >= 15 is 0 Å². The zero-order valence-corrected chi connectivity index (χ0v) is 20.8. The van der Waals surface area contributed by atoms with E-state index in [2.05, 4.69) is 28.7 Å². The molecule has 0 aliphatic heterocycles. The van der Waals surface area contributed by atoms with E-state index in [4.69, 9.17) is 9.72 Å². The number of nitrogens with zero attached hydrogens (tertiary/aromatic N) is 3. The second kappa shape index (κ2) is 9.26. The second-order valence-electron chi connectivity index (χ2n) is 8.25. The van der Waals surface area contributed by atoms with Crippen molar-refractivity contribution < 1.29 is 14.3 Å². The smallest absolute Gasteiger partial charge is 0.256 e. The van der Waals surface area contributed by atoms with Gasteiger partial charge in [0, 0.05) is 28.4 Å². The van der Waals surface area contributed by atoms with E-state index in [0.29, 0.717) is 39.3 Å². The first kappa shape index (κ1) is 23.4. The highest BCUT2D eigenvalue weighted by molar-refractivity contribution is 7.12. The number of anilines is 1. The summed E-state index contributed by atoms with van der Waals surface area (Å²) in [5.74, 6) is -0.157. The molecule has 4 aromatic rings. The van der Waals surface area contributed by atoms with Crippen molar-refractivity contribution in [2.45, 2.75) is 33.7 Å². The Hall–Kier alpha value is -3.72. The lowest BCUT2D eigenvalue weighted by atomic mass is 10.1. The number of aryl methyl sites for hydroxylation is 2. The third kappa shape index (κ3) is 4.26. The minimum Gasteiger partial charge on any atom is -0.497 e. The van der Waals surface area contributed by atoms with Crippen molar-refractivity contribution in [3.63, 3.8) is 0 Å². The Balaban J connectivity index is 1.85. The average Bonchev–Trinajstić information content (AvgIpc) is 3.40. The van der Waals surface area contributed by atoms with Crippen LogP contribution in [0, 0.1) is 13.8 Å². The van der Waals surface area contributed by atoms with E-state index < -0.39 is 0 Å². The Morgan fingerprint density at radius 2 is 1.85 bits per heavy atom. The predicted molar refractivity (Wildman–Crippen MR) is 135 cm³/mol. The number of fused-ring (bicyclic) bond motifs is 1. The summed E-state index contributed by atoms with van der Waals surface area (Å²) in [5, 5.41) is 10.6. The monoisotopic (exact) mass is 477 g/mol. The Bertz CT molecular complexity index is 1400. The minimum absolute atomic E-state index is 0.0721. The molecule has 0 spiro atoms. The van der Waals surface area contributed by atoms with Crippen LogP contribution in [0.2, 0.25) is 0 Å². The largest absolute Gasteiger partial charge is 0.497 e. The highest BCUT2D eigenvalue weighted by Crippen LogP contribution is 2.33. The lowest BCUT2D eigenvalue weighted by molar-refractivity contribution is 0.0963. The van der Waals surface area contributed by atoms with Gasteiger partial charge in [-0.15, -0.1) is 11.3 Å². The number of carbonyl (C=O) groups is 2. The van der Waals surface area contributed by atoms with Crippen LogP contribution in [-0.4, -0.2) is 40.7 Å². The maximum Gasteiger partial charge on any atom is 0.256 e. The first-order valence-electron chi connectivity index (χ1n) is 10.9. The molecule has 0 saturated carbocycles. The van der Waals surface area contributed by atoms with Crippen LogP contribution >= 0.6 is 11.3 Å². The van der Waals surface area contributed by atoms with Crippen LogP contribution in [0.5, 0.6) is 5.75 Å². The Kier molecular flexibility index (Phi) is 6.39. The first-order chi connectivity index (χ1) is 16.2. The molecule has 1 aromatic carbocycles. The first-order valence-corrected chi connectivity index (χ1v) is 11.7. The fraction of sp³-hybridized carbons (Fsp3) is 0.280. The molecule has 0 atom stereocenters. The number of ether oxygens (including phenoxy) is 1. The van der Waals surface area contributed by atoms with Gasteiger partial charge in [-0.25, -0.2) is 9.67 Å². The highest BCUT2D eigenvalue weighted by atomic mass is 32.1. The predicted octanol–water partition coefficient (Wildman–Crippen LogP) is 4.98. The van der Waals surface area contributed by atoms with Crippen molar-refractivity contribution in [1.29, 1.82) is 0 Å². The van der Waals surface area contributed by atoms with Gasteiger partial charge >= 0.3 is 0 Å². The van der Waals surface area contributed by atoms with Crippen LogP contribution in [0.4, 0.5) is 5.69 Å². The number of benzene rings is 1. The Labute approximate surface area is 202 Å². The molecule has 0 aliphatic carbocycles. The summed E-state index contributed by atoms with van der Waals surface area (Å²) in [6.45, 7) is 8.14. The molecule has 0 fully saturated rings. The number of amides is 2. The van der Waals surface area contributed by atoms with Gasteiger partial charge in [0.05, 0.1) is 41.2 Å². The fourth-order valence-electron chi connectivity index (χ4n) is 3.88. The quantitative estimate of drug-likeness (QED) is 0.408. The molecule has 0 bridgehead atoms. The highest BCUT2D eigenvalue weighted by Gasteiger charge is 2.21. The van der Waals surface area contributed by atoms with Crippen LogP contribution in [-0.2, 0) is 0 Å². The summed E-state index contributed by atoms with van der Waals surface area (Å²) >= 11 is 1.69. The molecule has 4 rings (SSSR count). The summed E-state index contributed by atoms with van der Waals surface area (Å²) in [6.07, 6.45) is 1.67. The maximum absolute atomic E-state index is 13.6. The van der Waals surface area contributed by atoms with E-state index in [9.17, 15) is 9.59 Å². The average molecular weight is 478 g/mol. The van der Waals surface area contributed by atoms with E-state index in [1.807, 2.05) is 25.5 Å². The topological polar surface area (TPSA) is 98.1 Å². The van der Waals surface area contributed by atoms with Crippen molar-refractivity contribution >= 4 is 39.9 Å². The molecule has 2 amide bonds. The third-order valence-electron chi connectivity index (χ3n) is 5.56. The van der Waals surface area contributed by atoms with Crippen molar-refractivity contribution in [3.8, 4) is 17.0 Å². The molecule has 8 nitrogen and oxygen atoms in total. The lowest BCUT2D eigenvalue weighted by Crippen LogP contribution is -2.22. The number of methoxy groups -OCH3 is 1. The van der Waals surface area contributed by atoms with Gasteiger partial charge in [0.15, 0.2) is 5.65 Å². The summed E-state index contributed by atoms with van der Waals surface area (Å²) in [6, 6.07) is 8.90. The fourth-order valence-corrected chi connectivity index (χ4v) is 4.81. The normalized spacial score (nSPS) is 11.1.